The van der Waals surface area contributed by atoms with Crippen LogP contribution < -0.4 is 0 Å². The summed E-state index contributed by atoms with van der Waals surface area (Å²) in [5, 5.41) is 0.548. The fourth-order valence-electron chi connectivity index (χ4n) is 5.99. The topological polar surface area (TPSA) is 59.1 Å². The van der Waals surface area contributed by atoms with Gasteiger partial charge in [0.2, 0.25) is 5.91 Å². The third-order valence-corrected chi connectivity index (χ3v) is 7.80. The summed E-state index contributed by atoms with van der Waals surface area (Å²) < 4.78 is 11.3. The number of ether oxygens (including phenoxy) is 2. The van der Waals surface area contributed by atoms with Crippen LogP contribution in [-0.4, -0.2) is 66.3 Å². The molecule has 3 atom stereocenters. The van der Waals surface area contributed by atoms with E-state index in [1.807, 2.05) is 9.80 Å². The highest BCUT2D eigenvalue weighted by Crippen LogP contribution is 2.41. The fraction of sp³-hybridized carbons (Fsp3) is 0.667. The lowest BCUT2D eigenvalue weighted by molar-refractivity contribution is -0.141. The number of amides is 2. The maximum atomic E-state index is 13.6. The molecule has 2 amide bonds. The molecule has 4 fully saturated rings. The second-order valence-electron chi connectivity index (χ2n) is 9.36. The van der Waals surface area contributed by atoms with E-state index < -0.39 is 0 Å². The summed E-state index contributed by atoms with van der Waals surface area (Å²) in [6.45, 7) is 2.74. The van der Waals surface area contributed by atoms with Crippen molar-refractivity contribution in [2.75, 3.05) is 26.3 Å². The molecule has 168 valence electrons. The molecule has 7 heteroatoms. The van der Waals surface area contributed by atoms with Crippen LogP contribution in [-0.2, 0) is 14.3 Å². The van der Waals surface area contributed by atoms with E-state index in [1.165, 1.54) is 6.42 Å². The molecule has 1 aliphatic carbocycles. The first-order chi connectivity index (χ1) is 15.1. The summed E-state index contributed by atoms with van der Waals surface area (Å²) in [4.78, 5) is 31.0. The number of halogens is 1. The van der Waals surface area contributed by atoms with Crippen LogP contribution in [0.1, 0.15) is 55.3 Å². The first kappa shape index (κ1) is 21.2. The molecule has 0 aromatic heterocycles. The van der Waals surface area contributed by atoms with Gasteiger partial charge in [0.05, 0.1) is 13.2 Å². The van der Waals surface area contributed by atoms with E-state index in [9.17, 15) is 9.59 Å². The van der Waals surface area contributed by atoms with E-state index in [0.717, 1.165) is 38.5 Å². The van der Waals surface area contributed by atoms with Gasteiger partial charge >= 0.3 is 0 Å². The molecule has 4 aliphatic rings. The van der Waals surface area contributed by atoms with Gasteiger partial charge in [-0.2, -0.15) is 0 Å². The van der Waals surface area contributed by atoms with Crippen LogP contribution in [0.4, 0.5) is 0 Å². The number of fused-ring (bicyclic) bond motifs is 1. The Morgan fingerprint density at radius 1 is 0.968 bits per heavy atom. The van der Waals surface area contributed by atoms with Crippen LogP contribution in [0.3, 0.4) is 0 Å². The average molecular weight is 447 g/mol. The molecule has 0 spiro atoms. The van der Waals surface area contributed by atoms with Gasteiger partial charge in [0.25, 0.3) is 5.91 Å². The number of benzene rings is 1. The monoisotopic (exact) mass is 446 g/mol. The number of hydrogen-bond donors (Lipinski definition) is 0. The van der Waals surface area contributed by atoms with Crippen molar-refractivity contribution < 1.29 is 19.1 Å². The SMILES string of the molecule is O=C(C1CC2CCCCC2N1C(=O)c1cccc(Cl)c1)N1CCC(C2OCCO2)CC1. The zero-order valence-electron chi connectivity index (χ0n) is 17.9. The summed E-state index contributed by atoms with van der Waals surface area (Å²) in [5.41, 5.74) is 0.575. The first-order valence-electron chi connectivity index (χ1n) is 11.7. The van der Waals surface area contributed by atoms with Crippen molar-refractivity contribution >= 4 is 23.4 Å². The third kappa shape index (κ3) is 4.22. The minimum Gasteiger partial charge on any atom is -0.350 e. The Bertz CT molecular complexity index is 820. The maximum Gasteiger partial charge on any atom is 0.254 e. The van der Waals surface area contributed by atoms with Crippen LogP contribution in [0.15, 0.2) is 24.3 Å². The molecule has 3 unspecified atom stereocenters. The van der Waals surface area contributed by atoms with Gasteiger partial charge in [-0.05, 0) is 56.2 Å². The first-order valence-corrected chi connectivity index (χ1v) is 12.1. The second-order valence-corrected chi connectivity index (χ2v) is 9.80. The third-order valence-electron chi connectivity index (χ3n) is 7.56. The average Bonchev–Trinajstić information content (AvgIpc) is 3.46. The van der Waals surface area contributed by atoms with Crippen LogP contribution in [0, 0.1) is 11.8 Å². The molecule has 0 bridgehead atoms. The highest BCUT2D eigenvalue weighted by atomic mass is 35.5. The molecule has 31 heavy (non-hydrogen) atoms. The quantitative estimate of drug-likeness (QED) is 0.710. The molecule has 3 saturated heterocycles. The van der Waals surface area contributed by atoms with Crippen molar-refractivity contribution in [1.82, 2.24) is 9.80 Å². The smallest absolute Gasteiger partial charge is 0.254 e. The Kier molecular flexibility index (Phi) is 6.22. The van der Waals surface area contributed by atoms with Crippen molar-refractivity contribution in [3.8, 4) is 0 Å². The number of carbonyl (C=O) groups is 2. The van der Waals surface area contributed by atoms with Gasteiger partial charge in [-0.3, -0.25) is 9.59 Å². The van der Waals surface area contributed by atoms with E-state index in [-0.39, 0.29) is 30.2 Å². The van der Waals surface area contributed by atoms with Crippen molar-refractivity contribution in [3.05, 3.63) is 34.9 Å². The Hall–Kier alpha value is -1.63. The molecule has 0 radical (unpaired) electrons. The molecule has 1 saturated carbocycles. The largest absolute Gasteiger partial charge is 0.350 e. The van der Waals surface area contributed by atoms with E-state index in [2.05, 4.69) is 0 Å². The minimum atomic E-state index is -0.366. The number of nitrogens with zero attached hydrogens (tertiary/aromatic N) is 2. The highest BCUT2D eigenvalue weighted by molar-refractivity contribution is 6.31. The molecular formula is C24H31ClN2O4. The van der Waals surface area contributed by atoms with E-state index in [1.54, 1.807) is 24.3 Å². The van der Waals surface area contributed by atoms with Gasteiger partial charge in [0, 0.05) is 35.6 Å². The number of piperidine rings is 1. The summed E-state index contributed by atoms with van der Waals surface area (Å²) in [5.74, 6) is 0.819. The lowest BCUT2D eigenvalue weighted by atomic mass is 9.84. The number of hydrogen-bond acceptors (Lipinski definition) is 4. The van der Waals surface area contributed by atoms with Gasteiger partial charge in [-0.25, -0.2) is 0 Å². The number of rotatable bonds is 3. The normalized spacial score (nSPS) is 29.9. The minimum absolute atomic E-state index is 0.0575. The van der Waals surface area contributed by atoms with Crippen molar-refractivity contribution in [2.24, 2.45) is 11.8 Å². The molecule has 1 aromatic rings. The molecule has 5 rings (SSSR count). The fourth-order valence-corrected chi connectivity index (χ4v) is 6.19. The molecule has 3 aliphatic heterocycles. The predicted molar refractivity (Wildman–Crippen MR) is 117 cm³/mol. The Balaban J connectivity index is 1.32. The molecular weight excluding hydrogens is 416 g/mol. The molecule has 6 nitrogen and oxygen atoms in total. The summed E-state index contributed by atoms with van der Waals surface area (Å²) in [7, 11) is 0. The van der Waals surface area contributed by atoms with Crippen molar-refractivity contribution in [3.63, 3.8) is 0 Å². The maximum absolute atomic E-state index is 13.6. The molecule has 1 aromatic carbocycles. The van der Waals surface area contributed by atoms with Crippen LogP contribution in [0.25, 0.3) is 0 Å². The van der Waals surface area contributed by atoms with E-state index >= 15 is 0 Å². The Morgan fingerprint density at radius 3 is 2.45 bits per heavy atom. The molecule has 3 heterocycles. The van der Waals surface area contributed by atoms with Gasteiger partial charge in [-0.15, -0.1) is 0 Å². The Morgan fingerprint density at radius 2 is 1.71 bits per heavy atom. The summed E-state index contributed by atoms with van der Waals surface area (Å²) in [6, 6.07) is 6.89. The van der Waals surface area contributed by atoms with E-state index in [0.29, 0.717) is 48.7 Å². The standard InChI is InChI=1S/C24H31ClN2O4/c25-19-6-3-5-18(14-19)22(28)27-20-7-2-1-4-17(20)15-21(27)23(29)26-10-8-16(9-11-26)24-30-12-13-31-24/h3,5-6,14,16-17,20-21,24H,1-2,4,7-13,15H2. The van der Waals surface area contributed by atoms with Gasteiger partial charge in [0.1, 0.15) is 6.04 Å². The van der Waals surface area contributed by atoms with Crippen LogP contribution in [0.2, 0.25) is 5.02 Å². The highest BCUT2D eigenvalue weighted by Gasteiger charge is 2.49. The van der Waals surface area contributed by atoms with Crippen LogP contribution >= 0.6 is 11.6 Å². The number of carbonyl (C=O) groups excluding carboxylic acids is 2. The lowest BCUT2D eigenvalue weighted by Gasteiger charge is -2.38. The summed E-state index contributed by atoms with van der Waals surface area (Å²) >= 11 is 6.15. The second kappa shape index (κ2) is 9.08. The van der Waals surface area contributed by atoms with E-state index in [4.69, 9.17) is 21.1 Å². The van der Waals surface area contributed by atoms with Crippen molar-refractivity contribution in [2.45, 2.75) is 63.3 Å². The van der Waals surface area contributed by atoms with Crippen molar-refractivity contribution in [1.29, 1.82) is 0 Å². The van der Waals surface area contributed by atoms with Crippen LogP contribution in [0.5, 0.6) is 0 Å². The van der Waals surface area contributed by atoms with Gasteiger partial charge < -0.3 is 19.3 Å². The summed E-state index contributed by atoms with van der Waals surface area (Å²) in [6.07, 6.45) is 6.83. The molecule has 0 N–H and O–H groups in total. The van der Waals surface area contributed by atoms with Gasteiger partial charge in [0.15, 0.2) is 6.29 Å². The Labute approximate surface area is 188 Å². The lowest BCUT2D eigenvalue weighted by Crippen LogP contribution is -2.52. The zero-order chi connectivity index (χ0) is 21.4. The predicted octanol–water partition coefficient (Wildman–Crippen LogP) is 3.72. The zero-order valence-corrected chi connectivity index (χ0v) is 18.6. The van der Waals surface area contributed by atoms with Gasteiger partial charge in [-0.1, -0.05) is 30.5 Å². The number of likely N-dealkylation sites (tertiary alicyclic amines) is 2.